The summed E-state index contributed by atoms with van der Waals surface area (Å²) in [6, 6.07) is 2.93. The van der Waals surface area contributed by atoms with Gasteiger partial charge in [0.1, 0.15) is 11.6 Å². The van der Waals surface area contributed by atoms with Crippen LogP contribution in [0, 0.1) is 11.6 Å². The normalized spacial score (nSPS) is 12.9. The molecular formula is C14H22F2N2O2. The van der Waals surface area contributed by atoms with Gasteiger partial charge in [0, 0.05) is 51.5 Å². The van der Waals surface area contributed by atoms with Crippen LogP contribution in [-0.4, -0.2) is 52.0 Å². The number of hydrogen-bond donors (Lipinski definition) is 1. The molecule has 0 radical (unpaired) electrons. The zero-order valence-electron chi connectivity index (χ0n) is 11.9. The van der Waals surface area contributed by atoms with Gasteiger partial charge in [0.05, 0.1) is 13.2 Å². The van der Waals surface area contributed by atoms with E-state index in [1.807, 2.05) is 4.90 Å². The van der Waals surface area contributed by atoms with Gasteiger partial charge in [-0.05, 0) is 6.07 Å². The Labute approximate surface area is 118 Å². The molecule has 1 unspecified atom stereocenters. The summed E-state index contributed by atoms with van der Waals surface area (Å²) in [5, 5.41) is 0. The summed E-state index contributed by atoms with van der Waals surface area (Å²) in [7, 11) is 3.24. The Morgan fingerprint density at radius 3 is 2.25 bits per heavy atom. The number of halogens is 2. The summed E-state index contributed by atoms with van der Waals surface area (Å²) in [4.78, 5) is 2.03. The van der Waals surface area contributed by atoms with Crippen LogP contribution in [-0.2, 0) is 9.47 Å². The third-order valence-electron chi connectivity index (χ3n) is 3.04. The highest BCUT2D eigenvalue weighted by atomic mass is 19.1. The van der Waals surface area contributed by atoms with Crippen molar-refractivity contribution in [1.82, 2.24) is 4.90 Å². The van der Waals surface area contributed by atoms with E-state index in [0.29, 0.717) is 38.4 Å². The first-order valence-corrected chi connectivity index (χ1v) is 6.49. The molecular weight excluding hydrogens is 266 g/mol. The maximum Gasteiger partial charge on any atom is 0.130 e. The Kier molecular flexibility index (Phi) is 7.61. The SMILES string of the molecule is COCCN(CCOC)CC(N)c1ccc(F)cc1F. The summed E-state index contributed by atoms with van der Waals surface area (Å²) >= 11 is 0. The van der Waals surface area contributed by atoms with Crippen molar-refractivity contribution in [2.45, 2.75) is 6.04 Å². The van der Waals surface area contributed by atoms with E-state index in [1.54, 1.807) is 14.2 Å². The Hall–Kier alpha value is -1.08. The molecule has 0 aliphatic rings. The summed E-state index contributed by atoms with van der Waals surface area (Å²) in [5.74, 6) is -1.22. The molecule has 0 aliphatic heterocycles. The zero-order valence-corrected chi connectivity index (χ0v) is 11.9. The monoisotopic (exact) mass is 288 g/mol. The van der Waals surface area contributed by atoms with Gasteiger partial charge in [0.15, 0.2) is 0 Å². The third-order valence-corrected chi connectivity index (χ3v) is 3.04. The molecule has 1 rings (SSSR count). The lowest BCUT2D eigenvalue weighted by Crippen LogP contribution is -2.37. The van der Waals surface area contributed by atoms with E-state index in [4.69, 9.17) is 15.2 Å². The van der Waals surface area contributed by atoms with Gasteiger partial charge in [-0.25, -0.2) is 8.78 Å². The van der Waals surface area contributed by atoms with Crippen LogP contribution in [0.2, 0.25) is 0 Å². The molecule has 2 N–H and O–H groups in total. The second-order valence-corrected chi connectivity index (χ2v) is 4.56. The molecule has 1 aromatic carbocycles. The molecule has 6 heteroatoms. The molecule has 0 saturated carbocycles. The van der Waals surface area contributed by atoms with Crippen LogP contribution in [0.3, 0.4) is 0 Å². The van der Waals surface area contributed by atoms with Crippen molar-refractivity contribution >= 4 is 0 Å². The molecule has 0 spiro atoms. The van der Waals surface area contributed by atoms with E-state index >= 15 is 0 Å². The quantitative estimate of drug-likeness (QED) is 0.749. The summed E-state index contributed by atoms with van der Waals surface area (Å²) in [5.41, 5.74) is 6.32. The van der Waals surface area contributed by atoms with Crippen molar-refractivity contribution in [1.29, 1.82) is 0 Å². The first-order valence-electron chi connectivity index (χ1n) is 6.49. The van der Waals surface area contributed by atoms with E-state index in [2.05, 4.69) is 0 Å². The lowest BCUT2D eigenvalue weighted by Gasteiger charge is -2.25. The molecule has 0 aliphatic carbocycles. The minimum absolute atomic E-state index is 0.311. The predicted molar refractivity (Wildman–Crippen MR) is 73.5 cm³/mol. The summed E-state index contributed by atoms with van der Waals surface area (Å²) in [6.45, 7) is 2.92. The number of nitrogens with zero attached hydrogens (tertiary/aromatic N) is 1. The number of hydrogen-bond acceptors (Lipinski definition) is 4. The molecule has 0 amide bonds. The van der Waals surface area contributed by atoms with Gasteiger partial charge in [-0.2, -0.15) is 0 Å². The minimum Gasteiger partial charge on any atom is -0.383 e. The fraction of sp³-hybridized carbons (Fsp3) is 0.571. The van der Waals surface area contributed by atoms with E-state index in [1.165, 1.54) is 12.1 Å². The van der Waals surface area contributed by atoms with Gasteiger partial charge in [0.2, 0.25) is 0 Å². The number of ether oxygens (including phenoxy) is 2. The first kappa shape index (κ1) is 17.0. The lowest BCUT2D eigenvalue weighted by molar-refractivity contribution is 0.110. The summed E-state index contributed by atoms with van der Waals surface area (Å²) in [6.07, 6.45) is 0. The standard InChI is InChI=1S/C14H22F2N2O2/c1-19-7-5-18(6-8-20-2)10-14(17)12-4-3-11(15)9-13(12)16/h3-4,9,14H,5-8,10,17H2,1-2H3. The zero-order chi connectivity index (χ0) is 15.0. The van der Waals surface area contributed by atoms with Gasteiger partial charge in [0.25, 0.3) is 0 Å². The highest BCUT2D eigenvalue weighted by Gasteiger charge is 2.16. The summed E-state index contributed by atoms with van der Waals surface area (Å²) < 4.78 is 36.6. The number of methoxy groups -OCH3 is 2. The van der Waals surface area contributed by atoms with Crippen LogP contribution in [0.5, 0.6) is 0 Å². The maximum atomic E-state index is 13.7. The van der Waals surface area contributed by atoms with Crippen LogP contribution >= 0.6 is 0 Å². The smallest absolute Gasteiger partial charge is 0.130 e. The fourth-order valence-electron chi connectivity index (χ4n) is 1.91. The van der Waals surface area contributed by atoms with Crippen LogP contribution in [0.15, 0.2) is 18.2 Å². The van der Waals surface area contributed by atoms with Crippen molar-refractivity contribution in [3.8, 4) is 0 Å². The molecule has 1 aromatic rings. The second kappa shape index (κ2) is 8.97. The van der Waals surface area contributed by atoms with Crippen molar-refractivity contribution in [3.05, 3.63) is 35.4 Å². The van der Waals surface area contributed by atoms with E-state index < -0.39 is 17.7 Å². The van der Waals surface area contributed by atoms with E-state index in [9.17, 15) is 8.78 Å². The molecule has 114 valence electrons. The molecule has 0 fully saturated rings. The highest BCUT2D eigenvalue weighted by Crippen LogP contribution is 2.17. The van der Waals surface area contributed by atoms with E-state index in [0.717, 1.165) is 6.07 Å². The van der Waals surface area contributed by atoms with Crippen LogP contribution in [0.4, 0.5) is 8.78 Å². The Morgan fingerprint density at radius 1 is 1.15 bits per heavy atom. The Morgan fingerprint density at radius 2 is 1.75 bits per heavy atom. The van der Waals surface area contributed by atoms with Crippen molar-refractivity contribution in [3.63, 3.8) is 0 Å². The molecule has 1 atom stereocenters. The lowest BCUT2D eigenvalue weighted by atomic mass is 10.1. The predicted octanol–water partition coefficient (Wildman–Crippen LogP) is 1.56. The average Bonchev–Trinajstić information content (AvgIpc) is 2.41. The van der Waals surface area contributed by atoms with Gasteiger partial charge in [-0.1, -0.05) is 6.07 Å². The van der Waals surface area contributed by atoms with Crippen LogP contribution in [0.1, 0.15) is 11.6 Å². The van der Waals surface area contributed by atoms with Gasteiger partial charge >= 0.3 is 0 Å². The van der Waals surface area contributed by atoms with Crippen molar-refractivity contribution in [2.24, 2.45) is 5.73 Å². The minimum atomic E-state index is -0.615. The highest BCUT2D eigenvalue weighted by molar-refractivity contribution is 5.22. The van der Waals surface area contributed by atoms with Crippen LogP contribution in [0.25, 0.3) is 0 Å². The molecule has 0 saturated heterocycles. The van der Waals surface area contributed by atoms with E-state index in [-0.39, 0.29) is 0 Å². The molecule has 4 nitrogen and oxygen atoms in total. The first-order chi connectivity index (χ1) is 9.58. The topological polar surface area (TPSA) is 47.7 Å². The van der Waals surface area contributed by atoms with Crippen molar-refractivity contribution < 1.29 is 18.3 Å². The fourth-order valence-corrected chi connectivity index (χ4v) is 1.91. The molecule has 0 aromatic heterocycles. The maximum absolute atomic E-state index is 13.7. The largest absolute Gasteiger partial charge is 0.383 e. The number of nitrogens with two attached hydrogens (primary N) is 1. The average molecular weight is 288 g/mol. The third kappa shape index (κ3) is 5.50. The molecule has 0 heterocycles. The van der Waals surface area contributed by atoms with Crippen LogP contribution < -0.4 is 5.73 Å². The van der Waals surface area contributed by atoms with Gasteiger partial charge in [-0.3, -0.25) is 4.90 Å². The van der Waals surface area contributed by atoms with Gasteiger partial charge < -0.3 is 15.2 Å². The second-order valence-electron chi connectivity index (χ2n) is 4.56. The molecule has 0 bridgehead atoms. The molecule has 20 heavy (non-hydrogen) atoms. The van der Waals surface area contributed by atoms with Crippen molar-refractivity contribution in [2.75, 3.05) is 47.1 Å². The van der Waals surface area contributed by atoms with Gasteiger partial charge in [-0.15, -0.1) is 0 Å². The Bertz CT molecular complexity index is 397. The number of benzene rings is 1. The number of rotatable bonds is 9. The Balaban J connectivity index is 2.65.